The average Bonchev–Trinajstić information content (AvgIpc) is 2.68. The molecule has 2 aromatic carbocycles. The van der Waals surface area contributed by atoms with E-state index in [0.717, 1.165) is 10.4 Å². The smallest absolute Gasteiger partial charge is 0.266 e. The maximum atomic E-state index is 13.9. The molecular weight excluding hydrogens is 393 g/mol. The normalized spacial score (nSPS) is 11.0. The van der Waals surface area contributed by atoms with Crippen molar-refractivity contribution in [2.24, 2.45) is 0 Å². The number of pyridine rings is 1. The van der Waals surface area contributed by atoms with Gasteiger partial charge in [-0.15, -0.1) is 0 Å². The van der Waals surface area contributed by atoms with Crippen molar-refractivity contribution >= 4 is 15.7 Å². The lowest BCUT2D eigenvalue weighted by Gasteiger charge is -2.20. The summed E-state index contributed by atoms with van der Waals surface area (Å²) < 4.78 is 46.1. The number of aromatic nitrogens is 1. The Bertz CT molecular complexity index is 1200. The second-order valence-corrected chi connectivity index (χ2v) is 8.27. The maximum Gasteiger partial charge on any atom is 0.266 e. The molecule has 0 fully saturated rings. The van der Waals surface area contributed by atoms with Gasteiger partial charge in [-0.2, -0.15) is 5.26 Å². The zero-order valence-corrected chi connectivity index (χ0v) is 16.9. The first-order valence-corrected chi connectivity index (χ1v) is 10.1. The van der Waals surface area contributed by atoms with Crippen LogP contribution in [0.5, 0.6) is 11.5 Å². The van der Waals surface area contributed by atoms with Gasteiger partial charge in [0.1, 0.15) is 33.8 Å². The number of nitrogens with zero attached hydrogens (tertiary/aromatic N) is 3. The van der Waals surface area contributed by atoms with Crippen LogP contribution in [0, 0.1) is 31.0 Å². The number of hydrogen-bond acceptors (Lipinski definition) is 5. The fourth-order valence-electron chi connectivity index (χ4n) is 2.80. The van der Waals surface area contributed by atoms with Crippen molar-refractivity contribution in [1.29, 1.82) is 5.26 Å². The minimum Gasteiger partial charge on any atom is -0.456 e. The number of ether oxygens (including phenoxy) is 1. The Morgan fingerprint density at radius 1 is 1.10 bits per heavy atom. The molecule has 0 aliphatic rings. The van der Waals surface area contributed by atoms with Crippen LogP contribution in [0.15, 0.2) is 59.5 Å². The summed E-state index contributed by atoms with van der Waals surface area (Å²) in [6.07, 6.45) is 0. The molecule has 0 unspecified atom stereocenters. The topological polar surface area (TPSA) is 83.3 Å². The van der Waals surface area contributed by atoms with E-state index in [0.29, 0.717) is 34.1 Å². The van der Waals surface area contributed by atoms with E-state index in [4.69, 9.17) is 4.74 Å². The van der Waals surface area contributed by atoms with Gasteiger partial charge in [0.15, 0.2) is 0 Å². The van der Waals surface area contributed by atoms with Gasteiger partial charge in [0.25, 0.3) is 10.0 Å². The van der Waals surface area contributed by atoms with E-state index >= 15 is 0 Å². The first kappa shape index (κ1) is 20.3. The standard InChI is InChI=1S/C21H18FN3O3S/c1-14-12-20(18(13-23)15(2)24-14)28-17-10-8-16(9-11-17)25(3)29(26,27)21-7-5-4-6-19(21)22/h4-12H,1-3H3. The third-order valence-corrected chi connectivity index (χ3v) is 6.13. The van der Waals surface area contributed by atoms with E-state index in [2.05, 4.69) is 11.1 Å². The highest BCUT2D eigenvalue weighted by atomic mass is 32.2. The molecule has 3 aromatic rings. The van der Waals surface area contributed by atoms with E-state index in [1.54, 1.807) is 44.2 Å². The van der Waals surface area contributed by atoms with E-state index in [1.807, 2.05) is 0 Å². The van der Waals surface area contributed by atoms with E-state index < -0.39 is 20.7 Å². The molecule has 0 spiro atoms. The number of anilines is 1. The Hall–Kier alpha value is -3.44. The molecule has 8 heteroatoms. The van der Waals surface area contributed by atoms with Gasteiger partial charge >= 0.3 is 0 Å². The highest BCUT2D eigenvalue weighted by molar-refractivity contribution is 7.92. The summed E-state index contributed by atoms with van der Waals surface area (Å²) in [4.78, 5) is 3.84. The van der Waals surface area contributed by atoms with Crippen molar-refractivity contribution in [2.45, 2.75) is 18.7 Å². The predicted octanol–water partition coefficient (Wildman–Crippen LogP) is 4.33. The molecule has 0 bridgehead atoms. The number of hydrogen-bond donors (Lipinski definition) is 0. The van der Waals surface area contributed by atoms with Crippen LogP contribution in [-0.2, 0) is 10.0 Å². The van der Waals surface area contributed by atoms with Gasteiger partial charge in [-0.05, 0) is 50.2 Å². The monoisotopic (exact) mass is 411 g/mol. The third-order valence-electron chi connectivity index (χ3n) is 4.31. The highest BCUT2D eigenvalue weighted by Crippen LogP contribution is 2.30. The lowest BCUT2D eigenvalue weighted by Crippen LogP contribution is -2.27. The Labute approximate surface area is 168 Å². The van der Waals surface area contributed by atoms with Crippen molar-refractivity contribution in [3.8, 4) is 17.6 Å². The number of benzene rings is 2. The summed E-state index contributed by atoms with van der Waals surface area (Å²) in [5.41, 5.74) is 1.95. The van der Waals surface area contributed by atoms with Gasteiger partial charge in [-0.1, -0.05) is 12.1 Å². The summed E-state index contributed by atoms with van der Waals surface area (Å²) in [5.74, 6) is -0.0173. The minimum atomic E-state index is -4.05. The van der Waals surface area contributed by atoms with E-state index in [-0.39, 0.29) is 0 Å². The number of halogens is 1. The van der Waals surface area contributed by atoms with Crippen LogP contribution in [0.25, 0.3) is 0 Å². The zero-order valence-electron chi connectivity index (χ0n) is 16.0. The molecular formula is C21H18FN3O3S. The van der Waals surface area contributed by atoms with Crippen molar-refractivity contribution in [2.75, 3.05) is 11.4 Å². The highest BCUT2D eigenvalue weighted by Gasteiger charge is 2.24. The average molecular weight is 411 g/mol. The van der Waals surface area contributed by atoms with Crippen LogP contribution >= 0.6 is 0 Å². The Morgan fingerprint density at radius 2 is 1.76 bits per heavy atom. The van der Waals surface area contributed by atoms with Crippen LogP contribution in [0.3, 0.4) is 0 Å². The fraction of sp³-hybridized carbons (Fsp3) is 0.143. The second kappa shape index (κ2) is 7.89. The molecule has 0 N–H and O–H groups in total. The lowest BCUT2D eigenvalue weighted by atomic mass is 10.2. The van der Waals surface area contributed by atoms with Crippen LogP contribution < -0.4 is 9.04 Å². The SMILES string of the molecule is Cc1cc(Oc2ccc(N(C)S(=O)(=O)c3ccccc3F)cc2)c(C#N)c(C)n1. The molecule has 0 atom stereocenters. The molecule has 0 aliphatic carbocycles. The molecule has 29 heavy (non-hydrogen) atoms. The fourth-order valence-corrected chi connectivity index (χ4v) is 4.06. The zero-order chi connectivity index (χ0) is 21.2. The van der Waals surface area contributed by atoms with Gasteiger partial charge in [0.2, 0.25) is 0 Å². The molecule has 0 amide bonds. The largest absolute Gasteiger partial charge is 0.456 e. The van der Waals surface area contributed by atoms with Gasteiger partial charge in [0, 0.05) is 18.8 Å². The lowest BCUT2D eigenvalue weighted by molar-refractivity contribution is 0.479. The van der Waals surface area contributed by atoms with E-state index in [9.17, 15) is 18.1 Å². The molecule has 6 nitrogen and oxygen atoms in total. The summed E-state index contributed by atoms with van der Waals surface area (Å²) in [6, 6.07) is 15.2. The summed E-state index contributed by atoms with van der Waals surface area (Å²) in [7, 11) is -2.70. The number of sulfonamides is 1. The van der Waals surface area contributed by atoms with Crippen LogP contribution in [0.1, 0.15) is 17.0 Å². The molecule has 1 aromatic heterocycles. The predicted molar refractivity (Wildman–Crippen MR) is 107 cm³/mol. The van der Waals surface area contributed by atoms with Gasteiger partial charge in [-0.25, -0.2) is 12.8 Å². The van der Waals surface area contributed by atoms with Crippen molar-refractivity contribution < 1.29 is 17.5 Å². The number of aryl methyl sites for hydroxylation is 2. The van der Waals surface area contributed by atoms with Crippen LogP contribution in [0.4, 0.5) is 10.1 Å². The Kier molecular flexibility index (Phi) is 5.52. The van der Waals surface area contributed by atoms with Crippen molar-refractivity contribution in [3.05, 3.63) is 77.4 Å². The van der Waals surface area contributed by atoms with Crippen molar-refractivity contribution in [1.82, 2.24) is 4.98 Å². The van der Waals surface area contributed by atoms with Gasteiger partial charge in [-0.3, -0.25) is 9.29 Å². The molecule has 0 aliphatic heterocycles. The summed E-state index contributed by atoms with van der Waals surface area (Å²) in [5, 5.41) is 9.33. The number of rotatable bonds is 5. The third kappa shape index (κ3) is 4.05. The van der Waals surface area contributed by atoms with E-state index in [1.165, 1.54) is 25.2 Å². The van der Waals surface area contributed by atoms with Crippen LogP contribution in [0.2, 0.25) is 0 Å². The molecule has 3 rings (SSSR count). The van der Waals surface area contributed by atoms with Crippen molar-refractivity contribution in [3.63, 3.8) is 0 Å². The molecule has 0 saturated heterocycles. The molecule has 1 heterocycles. The maximum absolute atomic E-state index is 13.9. The van der Waals surface area contributed by atoms with Crippen LogP contribution in [-0.4, -0.2) is 20.4 Å². The number of nitriles is 1. The summed E-state index contributed by atoms with van der Waals surface area (Å²) in [6.45, 7) is 3.52. The minimum absolute atomic E-state index is 0.332. The molecule has 0 radical (unpaired) electrons. The molecule has 148 valence electrons. The molecule has 0 saturated carbocycles. The first-order valence-electron chi connectivity index (χ1n) is 8.63. The van der Waals surface area contributed by atoms with Gasteiger partial charge < -0.3 is 4.74 Å². The second-order valence-electron chi connectivity index (χ2n) is 6.33. The Balaban J connectivity index is 1.88. The first-order chi connectivity index (χ1) is 13.7. The summed E-state index contributed by atoms with van der Waals surface area (Å²) >= 11 is 0. The quantitative estimate of drug-likeness (QED) is 0.624. The Morgan fingerprint density at radius 3 is 2.38 bits per heavy atom. The van der Waals surface area contributed by atoms with Gasteiger partial charge in [0.05, 0.1) is 11.4 Å².